The maximum atomic E-state index is 8.23. The lowest BCUT2D eigenvalue weighted by molar-refractivity contribution is 0.757. The third-order valence-electron chi connectivity index (χ3n) is 4.31. The zero-order chi connectivity index (χ0) is 15.4. The lowest BCUT2D eigenvalue weighted by atomic mass is 9.92. The first kappa shape index (κ1) is 15.8. The van der Waals surface area contributed by atoms with Crippen molar-refractivity contribution in [3.05, 3.63) is 35.4 Å². The minimum atomic E-state index is 0.429. The second-order valence-corrected chi connectivity index (χ2v) is 6.54. The van der Waals surface area contributed by atoms with Crippen LogP contribution in [0.3, 0.4) is 0 Å². The molecule has 0 unspecified atom stereocenters. The fraction of sp³-hybridized carbons (Fsp3) is 0.526. The van der Waals surface area contributed by atoms with E-state index in [0.717, 1.165) is 18.1 Å². The van der Waals surface area contributed by atoms with Gasteiger partial charge in [0, 0.05) is 18.4 Å². The van der Waals surface area contributed by atoms with Crippen molar-refractivity contribution in [2.45, 2.75) is 46.5 Å². The Labute approximate surface area is 129 Å². The molecule has 0 aromatic heterocycles. The van der Waals surface area contributed by atoms with E-state index in [2.05, 4.69) is 50.4 Å². The van der Waals surface area contributed by atoms with E-state index in [0.29, 0.717) is 5.92 Å². The minimum absolute atomic E-state index is 0.429. The molecule has 2 N–H and O–H groups in total. The van der Waals surface area contributed by atoms with Crippen molar-refractivity contribution in [2.24, 2.45) is 11.8 Å². The van der Waals surface area contributed by atoms with Gasteiger partial charge in [-0.2, -0.15) is 0 Å². The first-order chi connectivity index (χ1) is 10.0. The van der Waals surface area contributed by atoms with Crippen molar-refractivity contribution in [3.63, 3.8) is 0 Å². The van der Waals surface area contributed by atoms with Gasteiger partial charge in [-0.25, -0.2) is 0 Å². The molecule has 1 fully saturated rings. The molecule has 0 aliphatic heterocycles. The Balaban J connectivity index is 2.18. The first-order valence-electron chi connectivity index (χ1n) is 8.09. The largest absolute Gasteiger partial charge is 0.388 e. The lowest BCUT2D eigenvalue weighted by Crippen LogP contribution is -2.01. The van der Waals surface area contributed by atoms with Crippen LogP contribution in [0.15, 0.2) is 24.3 Å². The molecule has 2 rings (SSSR count). The molecular formula is C19H28N2. The zero-order valence-electron chi connectivity index (χ0n) is 13.8. The van der Waals surface area contributed by atoms with Gasteiger partial charge in [0.05, 0.1) is 0 Å². The fourth-order valence-electron chi connectivity index (χ4n) is 2.68. The van der Waals surface area contributed by atoms with Gasteiger partial charge in [-0.05, 0) is 60.4 Å². The summed E-state index contributed by atoms with van der Waals surface area (Å²) >= 11 is 0. The molecule has 1 aromatic rings. The molecule has 114 valence electrons. The van der Waals surface area contributed by atoms with Crippen molar-refractivity contribution in [1.82, 2.24) is 0 Å². The van der Waals surface area contributed by atoms with Crippen LogP contribution in [-0.2, 0) is 0 Å². The molecule has 0 heterocycles. The van der Waals surface area contributed by atoms with E-state index in [1.54, 1.807) is 0 Å². The Hall–Kier alpha value is -1.57. The predicted molar refractivity (Wildman–Crippen MR) is 93.2 cm³/mol. The fourth-order valence-corrected chi connectivity index (χ4v) is 2.68. The normalized spacial score (nSPS) is 15.4. The Morgan fingerprint density at radius 3 is 2.67 bits per heavy atom. The minimum Gasteiger partial charge on any atom is -0.388 e. The highest BCUT2D eigenvalue weighted by atomic mass is 14.8. The zero-order valence-corrected chi connectivity index (χ0v) is 13.8. The van der Waals surface area contributed by atoms with E-state index in [1.807, 2.05) is 7.05 Å². The monoisotopic (exact) mass is 284 g/mol. The molecule has 2 heteroatoms. The number of anilines is 1. The highest BCUT2D eigenvalue weighted by Gasteiger charge is 2.21. The Morgan fingerprint density at radius 2 is 2.10 bits per heavy atom. The van der Waals surface area contributed by atoms with Crippen LogP contribution in [-0.4, -0.2) is 12.8 Å². The maximum absolute atomic E-state index is 8.23. The van der Waals surface area contributed by atoms with E-state index in [4.69, 9.17) is 5.41 Å². The van der Waals surface area contributed by atoms with Gasteiger partial charge >= 0.3 is 0 Å². The summed E-state index contributed by atoms with van der Waals surface area (Å²) in [6, 6.07) is 6.54. The summed E-state index contributed by atoms with van der Waals surface area (Å²) in [4.78, 5) is 0. The van der Waals surface area contributed by atoms with Gasteiger partial charge in [0.1, 0.15) is 0 Å². The summed E-state index contributed by atoms with van der Waals surface area (Å²) in [5, 5.41) is 11.5. The van der Waals surface area contributed by atoms with E-state index in [-0.39, 0.29) is 0 Å². The predicted octanol–water partition coefficient (Wildman–Crippen LogP) is 5.29. The van der Waals surface area contributed by atoms with Crippen LogP contribution in [0.2, 0.25) is 0 Å². The molecule has 0 saturated heterocycles. The number of hydrogen-bond donors (Lipinski definition) is 2. The highest BCUT2D eigenvalue weighted by Crippen LogP contribution is 2.34. The smallest absolute Gasteiger partial charge is 0.0373 e. The Morgan fingerprint density at radius 1 is 1.38 bits per heavy atom. The van der Waals surface area contributed by atoms with Gasteiger partial charge < -0.3 is 10.7 Å². The summed E-state index contributed by atoms with van der Waals surface area (Å²) in [5.41, 5.74) is 5.71. The van der Waals surface area contributed by atoms with Crippen LogP contribution in [0.4, 0.5) is 5.69 Å². The first-order valence-corrected chi connectivity index (χ1v) is 8.09. The summed E-state index contributed by atoms with van der Waals surface area (Å²) in [6.07, 6.45) is 6.95. The second-order valence-electron chi connectivity index (χ2n) is 6.54. The molecule has 0 atom stereocenters. The number of allylic oxidation sites excluding steroid dienone is 2. The highest BCUT2D eigenvalue weighted by molar-refractivity contribution is 5.99. The number of rotatable bonds is 7. The van der Waals surface area contributed by atoms with Gasteiger partial charge in [-0.1, -0.05) is 38.8 Å². The van der Waals surface area contributed by atoms with Gasteiger partial charge in [0.25, 0.3) is 0 Å². The van der Waals surface area contributed by atoms with Crippen LogP contribution in [0.1, 0.15) is 50.7 Å². The topological polar surface area (TPSA) is 35.9 Å². The number of nitrogens with one attached hydrogen (secondary N) is 2. The van der Waals surface area contributed by atoms with Crippen LogP contribution in [0, 0.1) is 24.2 Å². The van der Waals surface area contributed by atoms with E-state index in [9.17, 15) is 0 Å². The van der Waals surface area contributed by atoms with Gasteiger partial charge in [-0.15, -0.1) is 0 Å². The van der Waals surface area contributed by atoms with Gasteiger partial charge in [0.2, 0.25) is 0 Å². The van der Waals surface area contributed by atoms with Crippen LogP contribution >= 0.6 is 0 Å². The molecule has 1 saturated carbocycles. The van der Waals surface area contributed by atoms with Gasteiger partial charge in [-0.3, -0.25) is 0 Å². The van der Waals surface area contributed by atoms with Crippen LogP contribution < -0.4 is 5.32 Å². The average molecular weight is 284 g/mol. The second kappa shape index (κ2) is 6.93. The van der Waals surface area contributed by atoms with Crippen molar-refractivity contribution >= 4 is 17.0 Å². The Bertz CT molecular complexity index is 536. The number of aryl methyl sites for hydroxylation is 1. The standard InChI is InChI=1S/C19H28N2/c1-13(2)18(12-17(20)10-8-15-6-7-15)16-9-5-14(3)19(11-16)21-4/h5,9,11-13,15,20-21H,6-8,10H2,1-4H3/b18-12+,20-17?. The molecule has 1 aliphatic rings. The van der Waals surface area contributed by atoms with Crippen molar-refractivity contribution in [3.8, 4) is 0 Å². The lowest BCUT2D eigenvalue weighted by Gasteiger charge is -2.15. The summed E-state index contributed by atoms with van der Waals surface area (Å²) < 4.78 is 0. The molecule has 0 bridgehead atoms. The average Bonchev–Trinajstić information content (AvgIpc) is 3.27. The van der Waals surface area contributed by atoms with Crippen molar-refractivity contribution in [1.29, 1.82) is 5.41 Å². The van der Waals surface area contributed by atoms with Crippen molar-refractivity contribution < 1.29 is 0 Å². The third kappa shape index (κ3) is 4.45. The number of hydrogen-bond acceptors (Lipinski definition) is 2. The summed E-state index contributed by atoms with van der Waals surface area (Å²) in [5.74, 6) is 1.33. The van der Waals surface area contributed by atoms with E-state index in [1.165, 1.54) is 41.6 Å². The molecule has 21 heavy (non-hydrogen) atoms. The molecule has 0 radical (unpaired) electrons. The Kier molecular flexibility index (Phi) is 5.22. The molecule has 0 amide bonds. The quantitative estimate of drug-likeness (QED) is 0.656. The summed E-state index contributed by atoms with van der Waals surface area (Å²) in [7, 11) is 1.96. The molecule has 2 nitrogen and oxygen atoms in total. The van der Waals surface area contributed by atoms with Crippen LogP contribution in [0.5, 0.6) is 0 Å². The third-order valence-corrected chi connectivity index (χ3v) is 4.31. The van der Waals surface area contributed by atoms with Crippen LogP contribution in [0.25, 0.3) is 5.57 Å². The van der Waals surface area contributed by atoms with Gasteiger partial charge in [0.15, 0.2) is 0 Å². The maximum Gasteiger partial charge on any atom is 0.0373 e. The number of benzene rings is 1. The molecule has 0 spiro atoms. The summed E-state index contributed by atoms with van der Waals surface area (Å²) in [6.45, 7) is 6.53. The van der Waals surface area contributed by atoms with Crippen molar-refractivity contribution in [2.75, 3.05) is 12.4 Å². The van der Waals surface area contributed by atoms with E-state index < -0.39 is 0 Å². The van der Waals surface area contributed by atoms with E-state index >= 15 is 0 Å². The SMILES string of the molecule is CNc1cc(/C(=C/C(=N)CCC2CC2)C(C)C)ccc1C. The molecular weight excluding hydrogens is 256 g/mol. The molecule has 1 aromatic carbocycles. The molecule has 1 aliphatic carbocycles.